The number of benzene rings is 2. The van der Waals surface area contributed by atoms with Gasteiger partial charge in [-0.05, 0) is 37.6 Å². The summed E-state index contributed by atoms with van der Waals surface area (Å²) in [5.74, 6) is 0.00811. The number of hydrogen-bond acceptors (Lipinski definition) is 4. The molecule has 1 aromatic heterocycles. The lowest BCUT2D eigenvalue weighted by Gasteiger charge is -2.10. The maximum atomic E-state index is 12.3. The van der Waals surface area contributed by atoms with Gasteiger partial charge in [0, 0.05) is 23.5 Å². The molecule has 0 unspecified atom stereocenters. The third-order valence-corrected chi connectivity index (χ3v) is 6.70. The average Bonchev–Trinajstić information content (AvgIpc) is 3.00. The van der Waals surface area contributed by atoms with Crippen LogP contribution in [0.5, 0.6) is 0 Å². The number of urea groups is 1. The molecule has 0 aliphatic carbocycles. The highest BCUT2D eigenvalue weighted by atomic mass is 32.2. The van der Waals surface area contributed by atoms with Crippen LogP contribution in [0.2, 0.25) is 0 Å². The molecule has 8 heteroatoms. The Labute approximate surface area is 177 Å². The van der Waals surface area contributed by atoms with Gasteiger partial charge in [0.25, 0.3) is 0 Å². The summed E-state index contributed by atoms with van der Waals surface area (Å²) in [5.41, 5.74) is 4.40. The molecule has 0 atom stereocenters. The number of rotatable bonds is 7. The van der Waals surface area contributed by atoms with Crippen LogP contribution in [-0.2, 0) is 22.9 Å². The first-order valence-electron chi connectivity index (χ1n) is 9.74. The summed E-state index contributed by atoms with van der Waals surface area (Å²) in [5, 5.41) is 10.1. The van der Waals surface area contributed by atoms with E-state index in [9.17, 15) is 13.2 Å². The molecule has 158 valence electrons. The molecule has 3 rings (SSSR count). The van der Waals surface area contributed by atoms with Gasteiger partial charge in [-0.15, -0.1) is 0 Å². The van der Waals surface area contributed by atoms with Crippen LogP contribution in [0.15, 0.2) is 59.5 Å². The summed E-state index contributed by atoms with van der Waals surface area (Å²) in [6.07, 6.45) is 0. The second kappa shape index (κ2) is 9.13. The quantitative estimate of drug-likeness (QED) is 0.603. The van der Waals surface area contributed by atoms with E-state index in [1.165, 1.54) is 12.1 Å². The van der Waals surface area contributed by atoms with Crippen LogP contribution in [0.4, 0.5) is 10.5 Å². The molecule has 2 aromatic carbocycles. The molecule has 0 saturated heterocycles. The van der Waals surface area contributed by atoms with Gasteiger partial charge in [0.05, 0.1) is 22.9 Å². The lowest BCUT2D eigenvalue weighted by molar-refractivity contribution is 0.251. The molecule has 0 aliphatic rings. The third-order valence-electron chi connectivity index (χ3n) is 4.96. The van der Waals surface area contributed by atoms with Gasteiger partial charge in [-0.25, -0.2) is 13.2 Å². The highest BCUT2D eigenvalue weighted by molar-refractivity contribution is 7.91. The van der Waals surface area contributed by atoms with E-state index in [0.29, 0.717) is 18.8 Å². The molecular weight excluding hydrogens is 400 g/mol. The van der Waals surface area contributed by atoms with E-state index in [-0.39, 0.29) is 10.6 Å². The van der Waals surface area contributed by atoms with Crippen LogP contribution in [0.25, 0.3) is 0 Å². The molecule has 30 heavy (non-hydrogen) atoms. The molecule has 2 amide bonds. The van der Waals surface area contributed by atoms with E-state index in [2.05, 4.69) is 27.9 Å². The van der Waals surface area contributed by atoms with Crippen LogP contribution in [0, 0.1) is 13.8 Å². The summed E-state index contributed by atoms with van der Waals surface area (Å²) in [7, 11) is -3.33. The summed E-state index contributed by atoms with van der Waals surface area (Å²) in [6.45, 7) is 6.48. The van der Waals surface area contributed by atoms with E-state index < -0.39 is 15.9 Å². The summed E-state index contributed by atoms with van der Waals surface area (Å²) in [4.78, 5) is 12.5. The predicted molar refractivity (Wildman–Crippen MR) is 117 cm³/mol. The van der Waals surface area contributed by atoms with Crippen molar-refractivity contribution in [3.8, 4) is 0 Å². The van der Waals surface area contributed by atoms with Crippen molar-refractivity contribution in [3.63, 3.8) is 0 Å². The molecule has 0 radical (unpaired) electrons. The Balaban J connectivity index is 1.65. The Kier molecular flexibility index (Phi) is 6.56. The van der Waals surface area contributed by atoms with Crippen molar-refractivity contribution in [2.45, 2.75) is 38.8 Å². The summed E-state index contributed by atoms with van der Waals surface area (Å²) < 4.78 is 26.0. The smallest absolute Gasteiger partial charge is 0.319 e. The van der Waals surface area contributed by atoms with Gasteiger partial charge in [0.15, 0.2) is 9.84 Å². The Bertz CT molecular complexity index is 1140. The Morgan fingerprint density at radius 3 is 2.50 bits per heavy atom. The topological polar surface area (TPSA) is 93.1 Å². The number of sulfone groups is 1. The second-order valence-corrected chi connectivity index (χ2v) is 9.31. The van der Waals surface area contributed by atoms with Crippen LogP contribution in [0.3, 0.4) is 0 Å². The van der Waals surface area contributed by atoms with E-state index >= 15 is 0 Å². The zero-order valence-electron chi connectivity index (χ0n) is 17.3. The molecule has 0 fully saturated rings. The number of nitrogens with one attached hydrogen (secondary N) is 2. The predicted octanol–water partition coefficient (Wildman–Crippen LogP) is 3.66. The Hall–Kier alpha value is -3.13. The normalized spacial score (nSPS) is 11.3. The zero-order valence-corrected chi connectivity index (χ0v) is 18.2. The molecule has 3 aromatic rings. The van der Waals surface area contributed by atoms with Gasteiger partial charge in [0.1, 0.15) is 0 Å². The average molecular weight is 427 g/mol. The third kappa shape index (κ3) is 5.07. The minimum Gasteiger partial charge on any atom is -0.334 e. The molecule has 2 N–H and O–H groups in total. The standard InChI is InChI=1S/C22H26N4O3S/c1-4-30(28,29)20-12-8-11-19(13-20)24-22(27)23-14-21-16(2)25-26(17(21)3)15-18-9-6-5-7-10-18/h5-13H,4,14-15H2,1-3H3,(H2,23,24,27). The number of nitrogens with zero attached hydrogens (tertiary/aromatic N) is 2. The molecule has 7 nitrogen and oxygen atoms in total. The number of aryl methyl sites for hydroxylation is 1. The number of carbonyl (C=O) groups is 1. The number of hydrogen-bond donors (Lipinski definition) is 2. The fraction of sp³-hybridized carbons (Fsp3) is 0.273. The van der Waals surface area contributed by atoms with E-state index in [1.54, 1.807) is 19.1 Å². The maximum Gasteiger partial charge on any atom is 0.319 e. The van der Waals surface area contributed by atoms with Crippen molar-refractivity contribution < 1.29 is 13.2 Å². The van der Waals surface area contributed by atoms with Crippen molar-refractivity contribution in [1.29, 1.82) is 0 Å². The Morgan fingerprint density at radius 2 is 1.80 bits per heavy atom. The molecular formula is C22H26N4O3S. The molecule has 1 heterocycles. The van der Waals surface area contributed by atoms with Gasteiger partial charge < -0.3 is 10.6 Å². The maximum absolute atomic E-state index is 12.3. The van der Waals surface area contributed by atoms with Gasteiger partial charge >= 0.3 is 6.03 Å². The van der Waals surface area contributed by atoms with Crippen molar-refractivity contribution in [2.24, 2.45) is 0 Å². The van der Waals surface area contributed by atoms with E-state index in [1.807, 2.05) is 36.7 Å². The van der Waals surface area contributed by atoms with Crippen molar-refractivity contribution in [3.05, 3.63) is 77.1 Å². The van der Waals surface area contributed by atoms with E-state index in [4.69, 9.17) is 0 Å². The molecule has 0 saturated carbocycles. The largest absolute Gasteiger partial charge is 0.334 e. The lowest BCUT2D eigenvalue weighted by atomic mass is 10.2. The molecule has 0 bridgehead atoms. The first kappa shape index (κ1) is 21.6. The number of anilines is 1. The summed E-state index contributed by atoms with van der Waals surface area (Å²) in [6, 6.07) is 15.9. The highest BCUT2D eigenvalue weighted by Crippen LogP contribution is 2.17. The lowest BCUT2D eigenvalue weighted by Crippen LogP contribution is -2.28. The fourth-order valence-electron chi connectivity index (χ4n) is 3.18. The van der Waals surface area contributed by atoms with E-state index in [0.717, 1.165) is 22.5 Å². The van der Waals surface area contributed by atoms with Gasteiger partial charge in [-0.3, -0.25) is 4.68 Å². The first-order chi connectivity index (χ1) is 14.3. The second-order valence-electron chi connectivity index (χ2n) is 7.03. The fourth-order valence-corrected chi connectivity index (χ4v) is 4.10. The highest BCUT2D eigenvalue weighted by Gasteiger charge is 2.14. The van der Waals surface area contributed by atoms with Crippen molar-refractivity contribution >= 4 is 21.6 Å². The number of amides is 2. The SMILES string of the molecule is CCS(=O)(=O)c1cccc(NC(=O)NCc2c(C)nn(Cc3ccccc3)c2C)c1. The van der Waals surface area contributed by atoms with Crippen LogP contribution in [-0.4, -0.2) is 30.0 Å². The first-order valence-corrected chi connectivity index (χ1v) is 11.4. The van der Waals surface area contributed by atoms with Gasteiger partial charge in [-0.2, -0.15) is 5.10 Å². The van der Waals surface area contributed by atoms with Gasteiger partial charge in [-0.1, -0.05) is 43.3 Å². The molecule has 0 spiro atoms. The van der Waals surface area contributed by atoms with Crippen LogP contribution in [0.1, 0.15) is 29.4 Å². The van der Waals surface area contributed by atoms with Crippen LogP contribution >= 0.6 is 0 Å². The Morgan fingerprint density at radius 1 is 1.07 bits per heavy atom. The van der Waals surface area contributed by atoms with Crippen molar-refractivity contribution in [2.75, 3.05) is 11.1 Å². The minimum atomic E-state index is -3.33. The van der Waals surface area contributed by atoms with Gasteiger partial charge in [0.2, 0.25) is 0 Å². The number of aromatic nitrogens is 2. The zero-order chi connectivity index (χ0) is 21.7. The monoisotopic (exact) mass is 426 g/mol. The van der Waals surface area contributed by atoms with Crippen LogP contribution < -0.4 is 10.6 Å². The van der Waals surface area contributed by atoms with Crippen molar-refractivity contribution in [1.82, 2.24) is 15.1 Å². The minimum absolute atomic E-state index is 0.00811. The number of carbonyl (C=O) groups excluding carboxylic acids is 1. The molecule has 0 aliphatic heterocycles. The summed E-state index contributed by atoms with van der Waals surface area (Å²) >= 11 is 0.